The van der Waals surface area contributed by atoms with Crippen LogP contribution in [0.15, 0.2) is 60.7 Å². The van der Waals surface area contributed by atoms with Crippen molar-refractivity contribution in [1.82, 2.24) is 5.32 Å². The zero-order valence-electron chi connectivity index (χ0n) is 13.9. The lowest BCUT2D eigenvalue weighted by Gasteiger charge is -2.10. The largest absolute Gasteiger partial charge is 0.534 e. The summed E-state index contributed by atoms with van der Waals surface area (Å²) in [5.41, 5.74) is -4.12. The predicted molar refractivity (Wildman–Crippen MR) is 94.2 cm³/mol. The third-order valence-corrected chi connectivity index (χ3v) is 4.31. The van der Waals surface area contributed by atoms with Crippen LogP contribution in [0.3, 0.4) is 0 Å². The van der Waals surface area contributed by atoms with Gasteiger partial charge >= 0.3 is 15.6 Å². The number of amides is 1. The molecule has 9 heteroatoms. The molecule has 1 N–H and O–H groups in total. The molecule has 0 fully saturated rings. The first-order valence-corrected chi connectivity index (χ1v) is 9.19. The first kappa shape index (κ1) is 20.5. The molecule has 2 aromatic rings. The summed E-state index contributed by atoms with van der Waals surface area (Å²) in [6.07, 6.45) is 3.30. The minimum Gasteiger partial charge on any atom is -0.376 e. The molecule has 5 nitrogen and oxygen atoms in total. The highest BCUT2D eigenvalue weighted by molar-refractivity contribution is 7.88. The first-order chi connectivity index (χ1) is 12.7. The molecule has 2 rings (SSSR count). The number of hydrogen-bond acceptors (Lipinski definition) is 4. The summed E-state index contributed by atoms with van der Waals surface area (Å²) in [7, 11) is -5.71. The normalized spacial score (nSPS) is 12.1. The van der Waals surface area contributed by atoms with E-state index in [1.165, 1.54) is 18.2 Å². The van der Waals surface area contributed by atoms with E-state index in [9.17, 15) is 26.4 Å². The Labute approximate surface area is 154 Å². The smallest absolute Gasteiger partial charge is 0.376 e. The number of benzene rings is 2. The molecule has 0 heterocycles. The van der Waals surface area contributed by atoms with E-state index in [1.54, 1.807) is 12.1 Å². The maximum absolute atomic E-state index is 12.3. The molecule has 0 saturated carbocycles. The van der Waals surface area contributed by atoms with Crippen molar-refractivity contribution in [3.05, 3.63) is 71.8 Å². The van der Waals surface area contributed by atoms with Gasteiger partial charge < -0.3 is 9.50 Å². The van der Waals surface area contributed by atoms with Gasteiger partial charge in [0, 0.05) is 12.6 Å². The lowest BCUT2D eigenvalue weighted by molar-refractivity contribution is -0.116. The number of alkyl halides is 3. The Hall–Kier alpha value is -2.81. The van der Waals surface area contributed by atoms with Crippen LogP contribution in [0.1, 0.15) is 11.1 Å². The topological polar surface area (TPSA) is 72.5 Å². The number of carbonyl (C=O) groups excluding carboxylic acids is 1. The molecule has 0 aliphatic carbocycles. The van der Waals surface area contributed by atoms with E-state index in [-0.39, 0.29) is 18.9 Å². The maximum atomic E-state index is 12.3. The van der Waals surface area contributed by atoms with Gasteiger partial charge in [-0.05, 0) is 35.8 Å². The lowest BCUT2D eigenvalue weighted by atomic mass is 10.1. The van der Waals surface area contributed by atoms with Crippen molar-refractivity contribution in [1.29, 1.82) is 0 Å². The van der Waals surface area contributed by atoms with Crippen LogP contribution in [-0.2, 0) is 21.3 Å². The Morgan fingerprint density at radius 2 is 1.78 bits per heavy atom. The molecule has 0 unspecified atom stereocenters. The maximum Gasteiger partial charge on any atom is 0.534 e. The third kappa shape index (κ3) is 6.45. The van der Waals surface area contributed by atoms with Crippen LogP contribution in [0.4, 0.5) is 13.2 Å². The number of halogens is 3. The predicted octanol–water partition coefficient (Wildman–Crippen LogP) is 3.29. The summed E-state index contributed by atoms with van der Waals surface area (Å²) in [4.78, 5) is 11.7. The average molecular weight is 399 g/mol. The molecular formula is C18H16F3NO4S. The lowest BCUT2D eigenvalue weighted by Crippen LogP contribution is -2.28. The molecule has 144 valence electrons. The first-order valence-electron chi connectivity index (χ1n) is 7.78. The van der Waals surface area contributed by atoms with Gasteiger partial charge in [-0.15, -0.1) is 0 Å². The van der Waals surface area contributed by atoms with Gasteiger partial charge in [0.2, 0.25) is 5.91 Å². The summed E-state index contributed by atoms with van der Waals surface area (Å²) in [5.74, 6) is -0.772. The van der Waals surface area contributed by atoms with E-state index >= 15 is 0 Å². The van der Waals surface area contributed by atoms with Crippen molar-refractivity contribution < 1.29 is 30.6 Å². The van der Waals surface area contributed by atoms with E-state index in [4.69, 9.17) is 0 Å². The molecular weight excluding hydrogens is 383 g/mol. The van der Waals surface area contributed by atoms with Crippen LogP contribution >= 0.6 is 0 Å². The molecule has 0 aliphatic heterocycles. The standard InChI is InChI=1S/C18H16F3NO4S/c19-18(20,21)27(24,25)26-16-8-4-7-15(13-16)11-12-22-17(23)10-9-14-5-2-1-3-6-14/h1-10,13H,11-12H2,(H,22,23). The van der Waals surface area contributed by atoms with Gasteiger partial charge in [-0.2, -0.15) is 21.6 Å². The van der Waals surface area contributed by atoms with Crippen LogP contribution < -0.4 is 9.50 Å². The zero-order valence-corrected chi connectivity index (χ0v) is 14.8. The monoisotopic (exact) mass is 399 g/mol. The number of nitrogens with one attached hydrogen (secondary N) is 1. The van der Waals surface area contributed by atoms with Crippen LogP contribution in [0, 0.1) is 0 Å². The number of carbonyl (C=O) groups is 1. The van der Waals surface area contributed by atoms with Gasteiger partial charge in [-0.1, -0.05) is 42.5 Å². The van der Waals surface area contributed by atoms with Crippen LogP contribution in [0.2, 0.25) is 0 Å². The van der Waals surface area contributed by atoms with Crippen molar-refractivity contribution in [2.24, 2.45) is 0 Å². The summed E-state index contributed by atoms with van der Waals surface area (Å²) in [5, 5.41) is 2.63. The second kappa shape index (κ2) is 8.72. The highest BCUT2D eigenvalue weighted by Crippen LogP contribution is 2.27. The molecule has 2 aromatic carbocycles. The molecule has 0 atom stereocenters. The van der Waals surface area contributed by atoms with Crippen LogP contribution in [-0.4, -0.2) is 26.4 Å². The van der Waals surface area contributed by atoms with E-state index in [1.807, 2.05) is 30.3 Å². The molecule has 0 aromatic heterocycles. The Kier molecular flexibility index (Phi) is 6.62. The second-order valence-electron chi connectivity index (χ2n) is 5.42. The highest BCUT2D eigenvalue weighted by Gasteiger charge is 2.48. The number of rotatable bonds is 7. The summed E-state index contributed by atoms with van der Waals surface area (Å²) in [6.45, 7) is 0.216. The van der Waals surface area contributed by atoms with E-state index < -0.39 is 21.4 Å². The van der Waals surface area contributed by atoms with Crippen molar-refractivity contribution in [2.45, 2.75) is 11.9 Å². The van der Waals surface area contributed by atoms with Gasteiger partial charge in [-0.25, -0.2) is 0 Å². The van der Waals surface area contributed by atoms with Crippen LogP contribution in [0.5, 0.6) is 5.75 Å². The minimum atomic E-state index is -5.71. The molecule has 0 spiro atoms. The van der Waals surface area contributed by atoms with Gasteiger partial charge in [0.05, 0.1) is 0 Å². The second-order valence-corrected chi connectivity index (χ2v) is 6.95. The van der Waals surface area contributed by atoms with Crippen molar-refractivity contribution in [3.63, 3.8) is 0 Å². The third-order valence-electron chi connectivity index (χ3n) is 3.33. The highest BCUT2D eigenvalue weighted by atomic mass is 32.2. The van der Waals surface area contributed by atoms with Gasteiger partial charge in [0.15, 0.2) is 0 Å². The number of hydrogen-bond donors (Lipinski definition) is 1. The fourth-order valence-electron chi connectivity index (χ4n) is 2.05. The van der Waals surface area contributed by atoms with Crippen molar-refractivity contribution in [2.75, 3.05) is 6.54 Å². The van der Waals surface area contributed by atoms with Crippen molar-refractivity contribution in [3.8, 4) is 5.75 Å². The Balaban J connectivity index is 1.88. The molecule has 0 aliphatic rings. The molecule has 0 saturated heterocycles. The molecule has 0 bridgehead atoms. The van der Waals surface area contributed by atoms with E-state index in [0.29, 0.717) is 5.56 Å². The zero-order chi connectivity index (χ0) is 19.9. The fraction of sp³-hybridized carbons (Fsp3) is 0.167. The fourth-order valence-corrected chi connectivity index (χ4v) is 2.50. The molecule has 0 radical (unpaired) electrons. The van der Waals surface area contributed by atoms with Gasteiger partial charge in [-0.3, -0.25) is 4.79 Å². The van der Waals surface area contributed by atoms with E-state index in [0.717, 1.165) is 11.6 Å². The summed E-state index contributed by atoms with van der Waals surface area (Å²) < 4.78 is 63.1. The Bertz CT molecular complexity index is 910. The van der Waals surface area contributed by atoms with Gasteiger partial charge in [0.1, 0.15) is 5.75 Å². The Morgan fingerprint density at radius 3 is 2.44 bits per heavy atom. The Morgan fingerprint density at radius 1 is 1.07 bits per heavy atom. The van der Waals surface area contributed by atoms with Gasteiger partial charge in [0.25, 0.3) is 0 Å². The van der Waals surface area contributed by atoms with Crippen molar-refractivity contribution >= 4 is 22.1 Å². The average Bonchev–Trinajstić information content (AvgIpc) is 2.60. The minimum absolute atomic E-state index is 0.216. The summed E-state index contributed by atoms with van der Waals surface area (Å²) in [6, 6.07) is 14.4. The molecule has 27 heavy (non-hydrogen) atoms. The van der Waals surface area contributed by atoms with E-state index in [2.05, 4.69) is 9.50 Å². The SMILES string of the molecule is O=C(C=Cc1ccccc1)NCCc1cccc(OS(=O)(=O)C(F)(F)F)c1. The molecule has 1 amide bonds. The van der Waals surface area contributed by atoms with Crippen LogP contribution in [0.25, 0.3) is 6.08 Å². The quantitative estimate of drug-likeness (QED) is 0.441. The summed E-state index contributed by atoms with van der Waals surface area (Å²) >= 11 is 0.